The molecule has 1 aromatic carbocycles. The average Bonchev–Trinajstić information content (AvgIpc) is 3.06. The molecule has 3 aromatic rings. The number of aryl methyl sites for hydroxylation is 1. The first-order valence-corrected chi connectivity index (χ1v) is 8.59. The lowest BCUT2D eigenvalue weighted by Gasteiger charge is -2.08. The summed E-state index contributed by atoms with van der Waals surface area (Å²) < 4.78 is 6.42. The van der Waals surface area contributed by atoms with Crippen LogP contribution >= 0.6 is 11.8 Å². The number of esters is 1. The van der Waals surface area contributed by atoms with Crippen molar-refractivity contribution in [1.29, 1.82) is 0 Å². The monoisotopic (exact) mass is 357 g/mol. The Morgan fingerprint density at radius 1 is 1.28 bits per heavy atom. The SMILES string of the molecule is CSc1ccccc1NC(=O)COC(=O)c1nc2nccc(C)n2n1. The van der Waals surface area contributed by atoms with Gasteiger partial charge in [-0.15, -0.1) is 16.9 Å². The fraction of sp³-hybridized carbons (Fsp3) is 0.188. The molecule has 1 amide bonds. The number of ether oxygens (including phenoxy) is 1. The molecule has 8 nitrogen and oxygen atoms in total. The minimum Gasteiger partial charge on any atom is -0.450 e. The van der Waals surface area contributed by atoms with E-state index in [-0.39, 0.29) is 5.82 Å². The molecule has 0 saturated heterocycles. The number of hydrogen-bond donors (Lipinski definition) is 1. The van der Waals surface area contributed by atoms with Crippen molar-refractivity contribution < 1.29 is 14.3 Å². The maximum atomic E-state index is 12.0. The molecule has 2 aromatic heterocycles. The van der Waals surface area contributed by atoms with Gasteiger partial charge in [-0.05, 0) is 31.4 Å². The number of rotatable bonds is 5. The molecule has 25 heavy (non-hydrogen) atoms. The summed E-state index contributed by atoms with van der Waals surface area (Å²) in [6, 6.07) is 9.11. The van der Waals surface area contributed by atoms with E-state index < -0.39 is 18.5 Å². The number of nitrogens with zero attached hydrogens (tertiary/aromatic N) is 4. The molecular weight excluding hydrogens is 342 g/mol. The van der Waals surface area contributed by atoms with Gasteiger partial charge in [0.05, 0.1) is 5.69 Å². The number of para-hydroxylation sites is 1. The summed E-state index contributed by atoms with van der Waals surface area (Å²) in [4.78, 5) is 33.0. The van der Waals surface area contributed by atoms with Gasteiger partial charge >= 0.3 is 5.97 Å². The summed E-state index contributed by atoms with van der Waals surface area (Å²) in [5.74, 6) is -1.06. The van der Waals surface area contributed by atoms with Crippen LogP contribution in [-0.4, -0.2) is 44.3 Å². The summed E-state index contributed by atoms with van der Waals surface area (Å²) >= 11 is 1.51. The van der Waals surface area contributed by atoms with E-state index in [1.807, 2.05) is 31.4 Å². The van der Waals surface area contributed by atoms with Gasteiger partial charge in [-0.2, -0.15) is 4.98 Å². The zero-order valence-electron chi connectivity index (χ0n) is 13.6. The highest BCUT2D eigenvalue weighted by atomic mass is 32.2. The van der Waals surface area contributed by atoms with Crippen molar-refractivity contribution >= 4 is 35.1 Å². The van der Waals surface area contributed by atoms with E-state index in [1.165, 1.54) is 16.3 Å². The summed E-state index contributed by atoms with van der Waals surface area (Å²) in [6.45, 7) is 1.39. The van der Waals surface area contributed by atoms with Crippen LogP contribution in [0.5, 0.6) is 0 Å². The number of carbonyl (C=O) groups is 2. The van der Waals surface area contributed by atoms with Gasteiger partial charge in [-0.3, -0.25) is 4.79 Å². The van der Waals surface area contributed by atoms with Gasteiger partial charge in [0, 0.05) is 16.8 Å². The van der Waals surface area contributed by atoms with Crippen molar-refractivity contribution in [3.05, 3.63) is 48.0 Å². The van der Waals surface area contributed by atoms with Gasteiger partial charge in [0.15, 0.2) is 6.61 Å². The topological polar surface area (TPSA) is 98.5 Å². The third kappa shape index (κ3) is 3.77. The van der Waals surface area contributed by atoms with Gasteiger partial charge in [0.1, 0.15) is 0 Å². The van der Waals surface area contributed by atoms with E-state index in [9.17, 15) is 9.59 Å². The second-order valence-corrected chi connectivity index (χ2v) is 5.91. The Labute approximate surface area is 147 Å². The lowest BCUT2D eigenvalue weighted by atomic mass is 10.3. The maximum absolute atomic E-state index is 12.0. The molecule has 0 aliphatic rings. The number of fused-ring (bicyclic) bond motifs is 1. The lowest BCUT2D eigenvalue weighted by Crippen LogP contribution is -2.21. The number of carbonyl (C=O) groups excluding carboxylic acids is 2. The Morgan fingerprint density at radius 3 is 2.84 bits per heavy atom. The van der Waals surface area contributed by atoms with E-state index in [1.54, 1.807) is 18.3 Å². The highest BCUT2D eigenvalue weighted by molar-refractivity contribution is 7.98. The molecule has 128 valence electrons. The van der Waals surface area contributed by atoms with Crippen molar-refractivity contribution in [3.8, 4) is 0 Å². The summed E-state index contributed by atoms with van der Waals surface area (Å²) in [5.41, 5.74) is 1.45. The molecule has 0 radical (unpaired) electrons. The second-order valence-electron chi connectivity index (χ2n) is 5.06. The van der Waals surface area contributed by atoms with E-state index in [0.29, 0.717) is 11.5 Å². The van der Waals surface area contributed by atoms with E-state index >= 15 is 0 Å². The van der Waals surface area contributed by atoms with Crippen LogP contribution in [0.2, 0.25) is 0 Å². The average molecular weight is 357 g/mol. The molecule has 0 saturated carbocycles. The number of hydrogen-bond acceptors (Lipinski definition) is 7. The molecule has 0 unspecified atom stereocenters. The molecular formula is C16H15N5O3S. The standard InChI is InChI=1S/C16H15N5O3S/c1-10-7-8-17-16-19-14(20-21(10)16)15(23)24-9-13(22)18-11-5-3-4-6-12(11)25-2/h3-8H,9H2,1-2H3,(H,18,22). The summed E-state index contributed by atoms with van der Waals surface area (Å²) in [5, 5.41) is 6.74. The fourth-order valence-corrected chi connectivity index (χ4v) is 2.68. The first kappa shape index (κ1) is 16.9. The Kier molecular flexibility index (Phi) is 4.94. The number of anilines is 1. The van der Waals surface area contributed by atoms with Crippen molar-refractivity contribution in [3.63, 3.8) is 0 Å². The molecule has 9 heteroatoms. The van der Waals surface area contributed by atoms with Gasteiger partial charge in [0.25, 0.3) is 17.5 Å². The van der Waals surface area contributed by atoms with Crippen LogP contribution in [0.15, 0.2) is 41.4 Å². The Bertz CT molecular complexity index is 940. The van der Waals surface area contributed by atoms with Crippen LogP contribution in [-0.2, 0) is 9.53 Å². The Morgan fingerprint density at radius 2 is 2.08 bits per heavy atom. The van der Waals surface area contributed by atoms with Crippen molar-refractivity contribution in [2.75, 3.05) is 18.2 Å². The number of aromatic nitrogens is 4. The maximum Gasteiger partial charge on any atom is 0.378 e. The number of nitrogens with one attached hydrogen (secondary N) is 1. The number of thioether (sulfide) groups is 1. The molecule has 1 N–H and O–H groups in total. The fourth-order valence-electron chi connectivity index (χ4n) is 2.12. The predicted molar refractivity (Wildman–Crippen MR) is 92.7 cm³/mol. The van der Waals surface area contributed by atoms with Crippen LogP contribution in [0, 0.1) is 6.92 Å². The Balaban J connectivity index is 1.63. The minimum absolute atomic E-state index is 0.140. The van der Waals surface area contributed by atoms with Crippen LogP contribution in [0.25, 0.3) is 5.78 Å². The molecule has 2 heterocycles. The smallest absolute Gasteiger partial charge is 0.378 e. The summed E-state index contributed by atoms with van der Waals surface area (Å²) in [6.07, 6.45) is 3.49. The largest absolute Gasteiger partial charge is 0.450 e. The van der Waals surface area contributed by atoms with Crippen LogP contribution in [0.1, 0.15) is 16.3 Å². The van der Waals surface area contributed by atoms with Crippen molar-refractivity contribution in [2.24, 2.45) is 0 Å². The zero-order chi connectivity index (χ0) is 17.8. The molecule has 0 spiro atoms. The first-order chi connectivity index (χ1) is 12.1. The molecule has 0 bridgehead atoms. The van der Waals surface area contributed by atoms with E-state index in [4.69, 9.17) is 4.74 Å². The molecule has 0 atom stereocenters. The van der Waals surface area contributed by atoms with Crippen LogP contribution < -0.4 is 5.32 Å². The highest BCUT2D eigenvalue weighted by Crippen LogP contribution is 2.24. The third-order valence-electron chi connectivity index (χ3n) is 3.33. The molecule has 0 aliphatic heterocycles. The number of amides is 1. The minimum atomic E-state index is -0.779. The van der Waals surface area contributed by atoms with Crippen LogP contribution in [0.4, 0.5) is 5.69 Å². The third-order valence-corrected chi connectivity index (χ3v) is 4.12. The van der Waals surface area contributed by atoms with Gasteiger partial charge in [-0.1, -0.05) is 12.1 Å². The van der Waals surface area contributed by atoms with Gasteiger partial charge in [0.2, 0.25) is 0 Å². The second kappa shape index (κ2) is 7.31. The highest BCUT2D eigenvalue weighted by Gasteiger charge is 2.17. The predicted octanol–water partition coefficient (Wildman–Crippen LogP) is 1.95. The normalized spacial score (nSPS) is 10.6. The van der Waals surface area contributed by atoms with Gasteiger partial charge < -0.3 is 10.1 Å². The zero-order valence-corrected chi connectivity index (χ0v) is 14.4. The first-order valence-electron chi connectivity index (χ1n) is 7.37. The van der Waals surface area contributed by atoms with E-state index in [2.05, 4.69) is 20.4 Å². The van der Waals surface area contributed by atoms with E-state index in [0.717, 1.165) is 10.6 Å². The summed E-state index contributed by atoms with van der Waals surface area (Å²) in [7, 11) is 0. The van der Waals surface area contributed by atoms with Crippen molar-refractivity contribution in [2.45, 2.75) is 11.8 Å². The number of benzene rings is 1. The Hall–Kier alpha value is -2.94. The van der Waals surface area contributed by atoms with Crippen molar-refractivity contribution in [1.82, 2.24) is 19.6 Å². The molecule has 0 fully saturated rings. The van der Waals surface area contributed by atoms with Gasteiger partial charge in [-0.25, -0.2) is 14.3 Å². The van der Waals surface area contributed by atoms with Crippen LogP contribution in [0.3, 0.4) is 0 Å². The quantitative estimate of drug-likeness (QED) is 0.550. The lowest BCUT2D eigenvalue weighted by molar-refractivity contribution is -0.119. The molecule has 0 aliphatic carbocycles. The molecule has 3 rings (SSSR count).